The smallest absolute Gasteiger partial charge is 0.248 e. The Morgan fingerprint density at radius 1 is 1.00 bits per heavy atom. The van der Waals surface area contributed by atoms with E-state index in [0.717, 1.165) is 37.7 Å². The molecule has 1 aliphatic heterocycles. The Morgan fingerprint density at radius 3 is 2.47 bits per heavy atom. The number of hydrogen-bond donors (Lipinski definition) is 1. The molecule has 1 aromatic heterocycles. The largest absolute Gasteiger partial charge is 0.486 e. The fourth-order valence-corrected chi connectivity index (χ4v) is 5.53. The molecule has 2 aliphatic rings. The lowest BCUT2D eigenvalue weighted by Crippen LogP contribution is -2.47. The van der Waals surface area contributed by atoms with Crippen molar-refractivity contribution < 1.29 is 23.5 Å². The van der Waals surface area contributed by atoms with Crippen molar-refractivity contribution in [1.82, 2.24) is 5.32 Å². The Morgan fingerprint density at radius 2 is 1.75 bits per heavy atom. The van der Waals surface area contributed by atoms with Crippen molar-refractivity contribution in [3.63, 3.8) is 0 Å². The molecule has 0 unspecified atom stereocenters. The predicted molar refractivity (Wildman–Crippen MR) is 137 cm³/mol. The second-order valence-electron chi connectivity index (χ2n) is 9.20. The van der Waals surface area contributed by atoms with Gasteiger partial charge in [-0.05, 0) is 65.1 Å². The maximum atomic E-state index is 13.9. The van der Waals surface area contributed by atoms with E-state index in [1.807, 2.05) is 16.8 Å². The van der Waals surface area contributed by atoms with Gasteiger partial charge < -0.3 is 14.8 Å². The zero-order valence-electron chi connectivity index (χ0n) is 20.0. The van der Waals surface area contributed by atoms with Crippen LogP contribution in [0.4, 0.5) is 10.1 Å². The number of halogens is 1. The molecule has 1 atom stereocenters. The molecule has 8 heteroatoms. The van der Waals surface area contributed by atoms with Crippen LogP contribution in [0.1, 0.15) is 49.3 Å². The first-order valence-electron chi connectivity index (χ1n) is 12.4. The monoisotopic (exact) mass is 508 g/mol. The predicted octanol–water partition coefficient (Wildman–Crippen LogP) is 5.42. The normalized spacial score (nSPS) is 16.2. The SMILES string of the molecule is O=C(NC1CCCCC1)[C@@H](c1ccc(F)cc1)N(C(=O)Cc1ccsc1)c1ccc2c(c1)OCCO2. The number of rotatable bonds is 7. The maximum Gasteiger partial charge on any atom is 0.248 e. The van der Waals surface area contributed by atoms with E-state index in [-0.39, 0.29) is 24.3 Å². The van der Waals surface area contributed by atoms with Gasteiger partial charge in [0.15, 0.2) is 11.5 Å². The molecule has 1 aliphatic carbocycles. The number of benzene rings is 2. The molecular weight excluding hydrogens is 479 g/mol. The third-order valence-electron chi connectivity index (χ3n) is 6.65. The zero-order valence-corrected chi connectivity index (χ0v) is 20.8. The van der Waals surface area contributed by atoms with E-state index in [1.54, 1.807) is 30.3 Å². The van der Waals surface area contributed by atoms with E-state index in [0.29, 0.717) is 36.0 Å². The Kier molecular flexibility index (Phi) is 7.51. The summed E-state index contributed by atoms with van der Waals surface area (Å²) in [6.07, 6.45) is 5.25. The highest BCUT2D eigenvalue weighted by atomic mass is 32.1. The third-order valence-corrected chi connectivity index (χ3v) is 7.38. The molecule has 188 valence electrons. The Bertz CT molecular complexity index is 1190. The first-order valence-corrected chi connectivity index (χ1v) is 13.3. The quantitative estimate of drug-likeness (QED) is 0.463. The Balaban J connectivity index is 1.56. The van der Waals surface area contributed by atoms with Gasteiger partial charge in [-0.1, -0.05) is 31.4 Å². The highest BCUT2D eigenvalue weighted by Crippen LogP contribution is 2.37. The summed E-state index contributed by atoms with van der Waals surface area (Å²) in [5.41, 5.74) is 1.93. The van der Waals surface area contributed by atoms with E-state index < -0.39 is 11.9 Å². The van der Waals surface area contributed by atoms with Crippen LogP contribution < -0.4 is 19.7 Å². The van der Waals surface area contributed by atoms with Crippen LogP contribution in [-0.4, -0.2) is 31.1 Å². The number of anilines is 1. The van der Waals surface area contributed by atoms with Gasteiger partial charge in [-0.15, -0.1) is 0 Å². The van der Waals surface area contributed by atoms with Gasteiger partial charge in [0.25, 0.3) is 0 Å². The van der Waals surface area contributed by atoms with Crippen molar-refractivity contribution >= 4 is 28.8 Å². The summed E-state index contributed by atoms with van der Waals surface area (Å²) in [7, 11) is 0. The van der Waals surface area contributed by atoms with Gasteiger partial charge in [-0.2, -0.15) is 11.3 Å². The van der Waals surface area contributed by atoms with Gasteiger partial charge in [0.05, 0.1) is 6.42 Å². The summed E-state index contributed by atoms with van der Waals surface area (Å²) in [6, 6.07) is 12.0. The first-order chi connectivity index (χ1) is 17.6. The van der Waals surface area contributed by atoms with E-state index in [9.17, 15) is 14.0 Å². The standard InChI is InChI=1S/C28H29FN2O4S/c29-21-8-6-20(7-9-21)27(28(33)30-22-4-2-1-3-5-22)31(26(32)16-19-12-15-36-18-19)23-10-11-24-25(17-23)35-14-13-34-24/h6-12,15,17-18,22,27H,1-5,13-14,16H2,(H,30,33)/t27-/m1/s1. The molecule has 1 fully saturated rings. The van der Waals surface area contributed by atoms with Crippen LogP contribution >= 0.6 is 11.3 Å². The van der Waals surface area contributed by atoms with Crippen molar-refractivity contribution in [3.8, 4) is 11.5 Å². The number of carbonyl (C=O) groups excluding carboxylic acids is 2. The van der Waals surface area contributed by atoms with E-state index in [4.69, 9.17) is 9.47 Å². The topological polar surface area (TPSA) is 67.9 Å². The molecule has 2 aromatic carbocycles. The minimum absolute atomic E-state index is 0.0586. The molecule has 36 heavy (non-hydrogen) atoms. The molecule has 2 amide bonds. The summed E-state index contributed by atoms with van der Waals surface area (Å²) >= 11 is 1.52. The van der Waals surface area contributed by atoms with Gasteiger partial charge in [0, 0.05) is 17.8 Å². The number of carbonyl (C=O) groups is 2. The van der Waals surface area contributed by atoms with Crippen LogP contribution in [0.25, 0.3) is 0 Å². The van der Waals surface area contributed by atoms with Crippen LogP contribution in [0.15, 0.2) is 59.3 Å². The summed E-state index contributed by atoms with van der Waals surface area (Å²) in [6.45, 7) is 0.859. The van der Waals surface area contributed by atoms with Crippen LogP contribution in [0.2, 0.25) is 0 Å². The summed E-state index contributed by atoms with van der Waals surface area (Å²) in [5, 5.41) is 7.02. The van der Waals surface area contributed by atoms with Crippen LogP contribution in [0, 0.1) is 5.82 Å². The first kappa shape index (κ1) is 24.3. The lowest BCUT2D eigenvalue weighted by molar-refractivity contribution is -0.127. The molecule has 2 heterocycles. The molecular formula is C28H29FN2O4S. The fraction of sp³-hybridized carbons (Fsp3) is 0.357. The minimum Gasteiger partial charge on any atom is -0.486 e. The lowest BCUT2D eigenvalue weighted by atomic mass is 9.94. The number of fused-ring (bicyclic) bond motifs is 1. The highest BCUT2D eigenvalue weighted by Gasteiger charge is 2.35. The summed E-state index contributed by atoms with van der Waals surface area (Å²) < 4.78 is 25.3. The van der Waals surface area contributed by atoms with Crippen molar-refractivity contribution in [3.05, 3.63) is 76.2 Å². The zero-order chi connectivity index (χ0) is 24.9. The number of hydrogen-bond acceptors (Lipinski definition) is 5. The van der Waals surface area contributed by atoms with Gasteiger partial charge in [0.2, 0.25) is 11.8 Å². The second kappa shape index (κ2) is 11.1. The molecule has 1 saturated carbocycles. The molecule has 0 saturated heterocycles. The van der Waals surface area contributed by atoms with Gasteiger partial charge in [-0.3, -0.25) is 14.5 Å². The van der Waals surface area contributed by atoms with Crippen LogP contribution in [0.5, 0.6) is 11.5 Å². The summed E-state index contributed by atoms with van der Waals surface area (Å²) in [4.78, 5) is 29.2. The highest BCUT2D eigenvalue weighted by molar-refractivity contribution is 7.08. The van der Waals surface area contributed by atoms with Crippen molar-refractivity contribution in [1.29, 1.82) is 0 Å². The molecule has 0 spiro atoms. The molecule has 3 aromatic rings. The summed E-state index contributed by atoms with van der Waals surface area (Å²) in [5.74, 6) is 0.207. The molecule has 1 N–H and O–H groups in total. The van der Waals surface area contributed by atoms with Gasteiger partial charge in [-0.25, -0.2) is 4.39 Å². The molecule has 0 radical (unpaired) electrons. The maximum absolute atomic E-state index is 13.9. The number of amides is 2. The van der Waals surface area contributed by atoms with Crippen molar-refractivity contribution in [2.75, 3.05) is 18.1 Å². The number of thiophene rings is 1. The molecule has 6 nitrogen and oxygen atoms in total. The lowest BCUT2D eigenvalue weighted by Gasteiger charge is -2.34. The van der Waals surface area contributed by atoms with E-state index >= 15 is 0 Å². The minimum atomic E-state index is -0.971. The van der Waals surface area contributed by atoms with Gasteiger partial charge in [0.1, 0.15) is 25.1 Å². The second-order valence-corrected chi connectivity index (χ2v) is 9.98. The van der Waals surface area contributed by atoms with Crippen LogP contribution in [0.3, 0.4) is 0 Å². The van der Waals surface area contributed by atoms with Gasteiger partial charge >= 0.3 is 0 Å². The van der Waals surface area contributed by atoms with Crippen molar-refractivity contribution in [2.24, 2.45) is 0 Å². The average Bonchev–Trinajstić information content (AvgIpc) is 3.41. The fourth-order valence-electron chi connectivity index (χ4n) is 4.86. The Labute approximate surface area is 214 Å². The average molecular weight is 509 g/mol. The number of nitrogens with one attached hydrogen (secondary N) is 1. The van der Waals surface area contributed by atoms with E-state index in [2.05, 4.69) is 5.32 Å². The third kappa shape index (κ3) is 5.54. The number of ether oxygens (including phenoxy) is 2. The number of nitrogens with zero attached hydrogens (tertiary/aromatic N) is 1. The molecule has 5 rings (SSSR count). The molecule has 0 bridgehead atoms. The van der Waals surface area contributed by atoms with Crippen molar-refractivity contribution in [2.45, 2.75) is 50.6 Å². The van der Waals surface area contributed by atoms with Crippen LogP contribution in [-0.2, 0) is 16.0 Å². The van der Waals surface area contributed by atoms with E-state index in [1.165, 1.54) is 28.4 Å². The Hall–Kier alpha value is -3.39.